The van der Waals surface area contributed by atoms with Crippen molar-refractivity contribution in [2.45, 2.75) is 38.8 Å². The molecule has 3 amide bonds. The number of amides is 3. The Hall–Kier alpha value is -3.35. The molecule has 3 aliphatic heterocycles. The molecule has 160 valence electrons. The molecule has 0 saturated heterocycles. The summed E-state index contributed by atoms with van der Waals surface area (Å²) in [6.45, 7) is 5.33. The van der Waals surface area contributed by atoms with Gasteiger partial charge < -0.3 is 14.4 Å². The normalized spacial score (nSPS) is 20.8. The zero-order valence-corrected chi connectivity index (χ0v) is 17.6. The summed E-state index contributed by atoms with van der Waals surface area (Å²) in [4.78, 5) is 41.9. The molecule has 2 aromatic carbocycles. The molecule has 0 bridgehead atoms. The maximum atomic E-state index is 13.4. The van der Waals surface area contributed by atoms with Crippen molar-refractivity contribution in [2.24, 2.45) is 0 Å². The number of ether oxygens (including phenoxy) is 2. The van der Waals surface area contributed by atoms with Crippen molar-refractivity contribution in [1.82, 2.24) is 9.80 Å². The molecule has 0 aliphatic carbocycles. The quantitative estimate of drug-likeness (QED) is 0.699. The van der Waals surface area contributed by atoms with Gasteiger partial charge in [0.1, 0.15) is 6.04 Å². The van der Waals surface area contributed by atoms with Crippen molar-refractivity contribution in [3.05, 3.63) is 58.7 Å². The Morgan fingerprint density at radius 3 is 2.29 bits per heavy atom. The molecule has 3 heterocycles. The van der Waals surface area contributed by atoms with E-state index >= 15 is 0 Å². The summed E-state index contributed by atoms with van der Waals surface area (Å²) in [5.74, 6) is 0.387. The van der Waals surface area contributed by atoms with E-state index < -0.39 is 17.9 Å². The third kappa shape index (κ3) is 3.07. The predicted octanol–water partition coefficient (Wildman–Crippen LogP) is 2.98. The standard InChI is InChI=1S/C24H24N2O5/c1-14-19-13-21-20(30-10-5-11-31-21)12-16(19)8-9-25(14)22(27)15(2)26-23(28)17-6-3-4-7-18(17)24(26)29/h3-4,6-7,12-15H,5,8-11H2,1-2H3/t14?,15-/m1/s1. The number of rotatable bonds is 2. The van der Waals surface area contributed by atoms with Crippen molar-refractivity contribution in [2.75, 3.05) is 19.8 Å². The van der Waals surface area contributed by atoms with E-state index in [0.29, 0.717) is 43.1 Å². The van der Waals surface area contributed by atoms with Gasteiger partial charge in [0.25, 0.3) is 11.8 Å². The van der Waals surface area contributed by atoms with Crippen LogP contribution in [-0.4, -0.2) is 53.3 Å². The van der Waals surface area contributed by atoms with Crippen molar-refractivity contribution >= 4 is 17.7 Å². The maximum Gasteiger partial charge on any atom is 0.262 e. The lowest BCUT2D eigenvalue weighted by Gasteiger charge is -2.38. The van der Waals surface area contributed by atoms with E-state index in [0.717, 1.165) is 28.2 Å². The van der Waals surface area contributed by atoms with Crippen molar-refractivity contribution in [3.63, 3.8) is 0 Å². The average molecular weight is 420 g/mol. The van der Waals surface area contributed by atoms with Gasteiger partial charge in [-0.2, -0.15) is 0 Å². The van der Waals surface area contributed by atoms with E-state index in [1.54, 1.807) is 36.1 Å². The van der Waals surface area contributed by atoms with Crippen LogP contribution in [0.4, 0.5) is 0 Å². The molecule has 7 nitrogen and oxygen atoms in total. The molecule has 0 spiro atoms. The molecule has 1 unspecified atom stereocenters. The lowest BCUT2D eigenvalue weighted by atomic mass is 9.92. The number of hydrogen-bond acceptors (Lipinski definition) is 5. The van der Waals surface area contributed by atoms with Crippen LogP contribution in [0.1, 0.15) is 58.2 Å². The first-order chi connectivity index (χ1) is 15.0. The van der Waals surface area contributed by atoms with Gasteiger partial charge >= 0.3 is 0 Å². The molecule has 0 aromatic heterocycles. The second kappa shape index (κ2) is 7.41. The summed E-state index contributed by atoms with van der Waals surface area (Å²) in [7, 11) is 0. The lowest BCUT2D eigenvalue weighted by molar-refractivity contribution is -0.137. The van der Waals surface area contributed by atoms with Gasteiger partial charge in [0, 0.05) is 13.0 Å². The number of carbonyl (C=O) groups excluding carboxylic acids is 3. The molecular weight excluding hydrogens is 396 g/mol. The summed E-state index contributed by atoms with van der Waals surface area (Å²) >= 11 is 0. The van der Waals surface area contributed by atoms with Crippen molar-refractivity contribution < 1.29 is 23.9 Å². The van der Waals surface area contributed by atoms with Gasteiger partial charge in [0.05, 0.1) is 30.4 Å². The number of imide groups is 1. The van der Waals surface area contributed by atoms with E-state index in [1.807, 2.05) is 19.1 Å². The van der Waals surface area contributed by atoms with Gasteiger partial charge in [-0.1, -0.05) is 12.1 Å². The third-order valence-corrected chi connectivity index (χ3v) is 6.40. The van der Waals surface area contributed by atoms with E-state index in [9.17, 15) is 14.4 Å². The summed E-state index contributed by atoms with van der Waals surface area (Å²) in [5.41, 5.74) is 2.85. The number of benzene rings is 2. The molecule has 31 heavy (non-hydrogen) atoms. The van der Waals surface area contributed by atoms with Gasteiger partial charge in [-0.25, -0.2) is 0 Å². The number of fused-ring (bicyclic) bond motifs is 3. The Bertz CT molecular complexity index is 1060. The van der Waals surface area contributed by atoms with Crippen LogP contribution in [0.5, 0.6) is 11.5 Å². The fraction of sp³-hybridized carbons (Fsp3) is 0.375. The molecule has 0 radical (unpaired) electrons. The Labute approximate surface area is 180 Å². The number of carbonyl (C=O) groups is 3. The highest BCUT2D eigenvalue weighted by Gasteiger charge is 2.43. The highest BCUT2D eigenvalue weighted by molar-refractivity contribution is 6.22. The van der Waals surface area contributed by atoms with Gasteiger partial charge in [0.2, 0.25) is 5.91 Å². The third-order valence-electron chi connectivity index (χ3n) is 6.40. The van der Waals surface area contributed by atoms with Gasteiger partial charge in [-0.3, -0.25) is 19.3 Å². The maximum absolute atomic E-state index is 13.4. The first kappa shape index (κ1) is 19.6. The van der Waals surface area contributed by atoms with Crippen LogP contribution in [0.3, 0.4) is 0 Å². The van der Waals surface area contributed by atoms with Crippen LogP contribution in [0.2, 0.25) is 0 Å². The fourth-order valence-corrected chi connectivity index (χ4v) is 4.69. The molecule has 2 atom stereocenters. The molecule has 7 heteroatoms. The van der Waals surface area contributed by atoms with Crippen LogP contribution in [-0.2, 0) is 11.2 Å². The second-order valence-corrected chi connectivity index (χ2v) is 8.21. The molecule has 3 aliphatic rings. The van der Waals surface area contributed by atoms with Crippen molar-refractivity contribution in [3.8, 4) is 11.5 Å². The van der Waals surface area contributed by atoms with Gasteiger partial charge in [-0.15, -0.1) is 0 Å². The molecule has 2 aromatic rings. The topological polar surface area (TPSA) is 76.2 Å². The lowest BCUT2D eigenvalue weighted by Crippen LogP contribution is -2.51. The van der Waals surface area contributed by atoms with Crippen LogP contribution in [0.15, 0.2) is 36.4 Å². The number of nitrogens with zero attached hydrogens (tertiary/aromatic N) is 2. The first-order valence-corrected chi connectivity index (χ1v) is 10.7. The van der Waals surface area contributed by atoms with Gasteiger partial charge in [0.15, 0.2) is 11.5 Å². The zero-order valence-electron chi connectivity index (χ0n) is 17.6. The molecule has 0 N–H and O–H groups in total. The Morgan fingerprint density at radius 1 is 1.03 bits per heavy atom. The van der Waals surface area contributed by atoms with Crippen LogP contribution < -0.4 is 9.47 Å². The van der Waals surface area contributed by atoms with Crippen LogP contribution >= 0.6 is 0 Å². The minimum atomic E-state index is -0.878. The fourth-order valence-electron chi connectivity index (χ4n) is 4.69. The minimum Gasteiger partial charge on any atom is -0.490 e. The van der Waals surface area contributed by atoms with E-state index in [4.69, 9.17) is 9.47 Å². The smallest absolute Gasteiger partial charge is 0.262 e. The highest BCUT2D eigenvalue weighted by atomic mass is 16.5. The van der Waals surface area contributed by atoms with Crippen LogP contribution in [0.25, 0.3) is 0 Å². The molecule has 0 fully saturated rings. The molecule has 0 saturated carbocycles. The Kier molecular flexibility index (Phi) is 4.68. The molecule has 5 rings (SSSR count). The minimum absolute atomic E-state index is 0.203. The van der Waals surface area contributed by atoms with Gasteiger partial charge in [-0.05, 0) is 55.7 Å². The van der Waals surface area contributed by atoms with Crippen LogP contribution in [0, 0.1) is 0 Å². The van der Waals surface area contributed by atoms with Crippen molar-refractivity contribution in [1.29, 1.82) is 0 Å². The zero-order chi connectivity index (χ0) is 21.7. The second-order valence-electron chi connectivity index (χ2n) is 8.21. The monoisotopic (exact) mass is 420 g/mol. The summed E-state index contributed by atoms with van der Waals surface area (Å²) in [5, 5.41) is 0. The summed E-state index contributed by atoms with van der Waals surface area (Å²) in [6, 6.07) is 9.59. The molecular formula is C24H24N2O5. The summed E-state index contributed by atoms with van der Waals surface area (Å²) < 4.78 is 11.6. The highest BCUT2D eigenvalue weighted by Crippen LogP contribution is 2.39. The first-order valence-electron chi connectivity index (χ1n) is 10.7. The van der Waals surface area contributed by atoms with E-state index in [-0.39, 0.29) is 11.9 Å². The Balaban J connectivity index is 1.40. The summed E-state index contributed by atoms with van der Waals surface area (Å²) in [6.07, 6.45) is 1.51. The largest absolute Gasteiger partial charge is 0.490 e. The average Bonchev–Trinajstić information content (AvgIpc) is 2.92. The predicted molar refractivity (Wildman–Crippen MR) is 112 cm³/mol. The number of hydrogen-bond donors (Lipinski definition) is 0. The Morgan fingerprint density at radius 2 is 1.65 bits per heavy atom. The van der Waals surface area contributed by atoms with E-state index in [1.165, 1.54) is 0 Å². The van der Waals surface area contributed by atoms with E-state index in [2.05, 4.69) is 0 Å². The SMILES string of the molecule is CC1c2cc3c(cc2CCN1C(=O)[C@@H](C)N1C(=O)c2ccccc2C1=O)OCCCO3.